The van der Waals surface area contributed by atoms with Gasteiger partial charge in [-0.15, -0.1) is 0 Å². The first-order valence-electron chi connectivity index (χ1n) is 13.7. The summed E-state index contributed by atoms with van der Waals surface area (Å²) in [5, 5.41) is 32.3. The quantitative estimate of drug-likeness (QED) is 0.434. The number of fused-ring (bicyclic) bond motifs is 4. The lowest BCUT2D eigenvalue weighted by atomic mass is 9.42. The molecule has 4 rings (SSSR count). The third-order valence-electron chi connectivity index (χ3n) is 11.7. The van der Waals surface area contributed by atoms with Crippen LogP contribution in [0, 0.1) is 39.4 Å². The molecule has 0 amide bonds. The zero-order valence-corrected chi connectivity index (χ0v) is 22.8. The summed E-state index contributed by atoms with van der Waals surface area (Å²) in [5.41, 5.74) is 0.706. The molecule has 0 saturated heterocycles. The molecule has 2 fully saturated rings. The highest BCUT2D eigenvalue weighted by Gasteiger charge is 2.69. The molecule has 196 valence electrons. The van der Waals surface area contributed by atoms with E-state index in [2.05, 4.69) is 40.7 Å². The molecule has 0 bridgehead atoms. The number of ketones is 1. The Morgan fingerprint density at radius 3 is 2.37 bits per heavy atom. The Hall–Kier alpha value is -1.46. The summed E-state index contributed by atoms with van der Waals surface area (Å²) in [6, 6.07) is 0. The fourth-order valence-corrected chi connectivity index (χ4v) is 9.14. The first-order valence-corrected chi connectivity index (χ1v) is 13.7. The van der Waals surface area contributed by atoms with Gasteiger partial charge in [0.25, 0.3) is 0 Å². The molecular weight excluding hydrogens is 440 g/mol. The number of rotatable bonds is 5. The van der Waals surface area contributed by atoms with E-state index in [1.807, 2.05) is 6.92 Å². The molecule has 4 aliphatic carbocycles. The van der Waals surface area contributed by atoms with Crippen LogP contribution in [0.5, 0.6) is 0 Å². The molecule has 4 aliphatic rings. The van der Waals surface area contributed by atoms with Crippen molar-refractivity contribution in [2.75, 3.05) is 0 Å². The normalized spacial score (nSPS) is 45.9. The van der Waals surface area contributed by atoms with Crippen molar-refractivity contribution in [3.05, 3.63) is 22.8 Å². The van der Waals surface area contributed by atoms with Crippen LogP contribution in [0.2, 0.25) is 0 Å². The van der Waals surface area contributed by atoms with Crippen LogP contribution in [0.25, 0.3) is 0 Å². The van der Waals surface area contributed by atoms with E-state index in [1.54, 1.807) is 6.92 Å². The predicted octanol–water partition coefficient (Wildman–Crippen LogP) is 5.69. The maximum absolute atomic E-state index is 13.9. The zero-order valence-electron chi connectivity index (χ0n) is 22.8. The van der Waals surface area contributed by atoms with Gasteiger partial charge in [-0.25, -0.2) is 0 Å². The highest BCUT2D eigenvalue weighted by atomic mass is 16.4. The fraction of sp³-hybridized carbons (Fsp3) is 0.800. The maximum Gasteiger partial charge on any atom is 0.312 e. The van der Waals surface area contributed by atoms with E-state index in [-0.39, 0.29) is 29.5 Å². The van der Waals surface area contributed by atoms with Crippen LogP contribution in [0.4, 0.5) is 0 Å². The lowest BCUT2D eigenvalue weighted by molar-refractivity contribution is -0.192. The minimum absolute atomic E-state index is 0.00428. The molecule has 35 heavy (non-hydrogen) atoms. The summed E-state index contributed by atoms with van der Waals surface area (Å²) in [4.78, 5) is 26.4. The van der Waals surface area contributed by atoms with Gasteiger partial charge in [0.15, 0.2) is 5.78 Å². The average molecular weight is 487 g/mol. The second kappa shape index (κ2) is 8.55. The van der Waals surface area contributed by atoms with Crippen LogP contribution < -0.4 is 0 Å². The Morgan fingerprint density at radius 2 is 1.77 bits per heavy atom. The van der Waals surface area contributed by atoms with Gasteiger partial charge >= 0.3 is 5.97 Å². The van der Waals surface area contributed by atoms with E-state index in [9.17, 15) is 24.9 Å². The van der Waals surface area contributed by atoms with Gasteiger partial charge < -0.3 is 15.3 Å². The zero-order chi connectivity index (χ0) is 26.1. The number of aliphatic carboxylic acids is 1. The number of aliphatic hydroxyl groups is 2. The molecule has 0 aromatic carbocycles. The van der Waals surface area contributed by atoms with E-state index in [1.165, 1.54) is 5.57 Å². The molecule has 2 saturated carbocycles. The highest BCUT2D eigenvalue weighted by molar-refractivity contribution is 6.00. The molecule has 3 N–H and O–H groups in total. The van der Waals surface area contributed by atoms with Crippen LogP contribution >= 0.6 is 0 Å². The van der Waals surface area contributed by atoms with E-state index >= 15 is 0 Å². The molecule has 5 nitrogen and oxygen atoms in total. The van der Waals surface area contributed by atoms with Gasteiger partial charge in [0.1, 0.15) is 0 Å². The summed E-state index contributed by atoms with van der Waals surface area (Å²) in [6.45, 7) is 14.9. The molecule has 0 aromatic rings. The van der Waals surface area contributed by atoms with Crippen LogP contribution in [0.15, 0.2) is 22.8 Å². The van der Waals surface area contributed by atoms with Crippen LogP contribution in [-0.2, 0) is 9.59 Å². The van der Waals surface area contributed by atoms with Crippen molar-refractivity contribution < 1.29 is 24.9 Å². The second-order valence-electron chi connectivity index (χ2n) is 13.4. The van der Waals surface area contributed by atoms with Crippen LogP contribution in [0.3, 0.4) is 0 Å². The molecular formula is C30H46O5. The third kappa shape index (κ3) is 3.47. The molecule has 0 heterocycles. The van der Waals surface area contributed by atoms with Crippen molar-refractivity contribution in [1.29, 1.82) is 0 Å². The Morgan fingerprint density at radius 1 is 1.11 bits per heavy atom. The largest absolute Gasteiger partial charge is 0.481 e. The molecule has 5 heteroatoms. The molecule has 0 spiro atoms. The number of hydrogen-bond acceptors (Lipinski definition) is 4. The Kier molecular flexibility index (Phi) is 6.50. The monoisotopic (exact) mass is 486 g/mol. The van der Waals surface area contributed by atoms with E-state index < -0.39 is 34.9 Å². The molecule has 0 unspecified atom stereocenters. The van der Waals surface area contributed by atoms with Gasteiger partial charge in [0.2, 0.25) is 0 Å². The Balaban J connectivity index is 1.77. The van der Waals surface area contributed by atoms with Gasteiger partial charge in [-0.05, 0) is 82.5 Å². The number of aliphatic hydroxyl groups excluding tert-OH is 2. The Labute approximate surface area is 211 Å². The van der Waals surface area contributed by atoms with Crippen molar-refractivity contribution in [1.82, 2.24) is 0 Å². The van der Waals surface area contributed by atoms with Crippen molar-refractivity contribution >= 4 is 11.8 Å². The summed E-state index contributed by atoms with van der Waals surface area (Å²) in [6.07, 6.45) is 6.36. The number of Topliss-reactive ketones (excluding diaryl/α,β-unsaturated/α-hetero) is 1. The van der Waals surface area contributed by atoms with Gasteiger partial charge in [-0.1, -0.05) is 44.9 Å². The van der Waals surface area contributed by atoms with Crippen molar-refractivity contribution in [2.24, 2.45) is 39.4 Å². The van der Waals surface area contributed by atoms with E-state index in [0.29, 0.717) is 11.8 Å². The van der Waals surface area contributed by atoms with Gasteiger partial charge in [-0.2, -0.15) is 0 Å². The van der Waals surface area contributed by atoms with Gasteiger partial charge in [-0.3, -0.25) is 9.59 Å². The minimum Gasteiger partial charge on any atom is -0.481 e. The van der Waals surface area contributed by atoms with Crippen molar-refractivity contribution in [3.8, 4) is 0 Å². The average Bonchev–Trinajstić information content (AvgIpc) is 3.04. The lowest BCUT2D eigenvalue weighted by Gasteiger charge is -2.62. The number of allylic oxidation sites excluding steroid dienone is 3. The lowest BCUT2D eigenvalue weighted by Crippen LogP contribution is -2.64. The fourth-order valence-electron chi connectivity index (χ4n) is 9.14. The number of carbonyl (C=O) groups is 2. The second-order valence-corrected chi connectivity index (χ2v) is 13.4. The van der Waals surface area contributed by atoms with Gasteiger partial charge in [0, 0.05) is 29.2 Å². The Bertz CT molecular complexity index is 975. The SMILES string of the molecule is CC(C)=CCC[C@H](C)[C@H]1CC[C@@]2(C)C3=C(CC[C@]12C)[C@]1(C)[C@@H](CC3=O)[C@@](C)(C(=O)O)[C@@H](O)C[C@H]1O. The minimum atomic E-state index is -1.46. The molecule has 0 aromatic heterocycles. The summed E-state index contributed by atoms with van der Waals surface area (Å²) in [5.74, 6) is -0.559. The van der Waals surface area contributed by atoms with Gasteiger partial charge in [0.05, 0.1) is 17.6 Å². The standard InChI is InChI=1S/C30H46O5/c1-17(2)9-8-10-18(3)19-11-14-28(5)25-20(12-13-27(19,28)4)29(6)22(15-21(25)31)30(7,26(34)35)24(33)16-23(29)32/h9,18-19,22-24,32-33H,8,10-16H2,1-7H3,(H,34,35)/t18-,19+,22+,23+,24-,27+,28-,29+,30+/m0/s1. The van der Waals surface area contributed by atoms with Crippen molar-refractivity contribution in [2.45, 2.75) is 112 Å². The number of hydrogen-bond donors (Lipinski definition) is 3. The molecule has 0 aliphatic heterocycles. The third-order valence-corrected chi connectivity index (χ3v) is 11.7. The number of carbonyl (C=O) groups excluding carboxylic acids is 1. The van der Waals surface area contributed by atoms with Crippen LogP contribution in [0.1, 0.15) is 99.8 Å². The number of carboxylic acids is 1. The summed E-state index contributed by atoms with van der Waals surface area (Å²) in [7, 11) is 0. The molecule has 0 radical (unpaired) electrons. The first kappa shape index (κ1) is 26.6. The predicted molar refractivity (Wildman–Crippen MR) is 137 cm³/mol. The maximum atomic E-state index is 13.9. The topological polar surface area (TPSA) is 94.8 Å². The number of carboxylic acid groups (broad SMARTS) is 1. The van der Waals surface area contributed by atoms with Crippen LogP contribution in [-0.4, -0.2) is 39.3 Å². The van der Waals surface area contributed by atoms with Crippen molar-refractivity contribution in [3.63, 3.8) is 0 Å². The molecule has 9 atom stereocenters. The smallest absolute Gasteiger partial charge is 0.312 e. The van der Waals surface area contributed by atoms with E-state index in [4.69, 9.17) is 0 Å². The summed E-state index contributed by atoms with van der Waals surface area (Å²) < 4.78 is 0. The summed E-state index contributed by atoms with van der Waals surface area (Å²) >= 11 is 0. The highest BCUT2D eigenvalue weighted by Crippen LogP contribution is 2.71. The van der Waals surface area contributed by atoms with E-state index in [0.717, 1.165) is 49.7 Å². The first-order chi connectivity index (χ1) is 16.2.